The highest BCUT2D eigenvalue weighted by Gasteiger charge is 2.36. The number of nitrogens with zero attached hydrogens (tertiary/aromatic N) is 1. The lowest BCUT2D eigenvalue weighted by Gasteiger charge is -2.44. The Morgan fingerprint density at radius 1 is 1.24 bits per heavy atom. The smallest absolute Gasteiger partial charge is 0.257 e. The molecule has 0 spiro atoms. The molecule has 2 fully saturated rings. The first-order chi connectivity index (χ1) is 10.2. The van der Waals surface area contributed by atoms with Crippen LogP contribution in [0.1, 0.15) is 48.9 Å². The maximum absolute atomic E-state index is 13.0. The number of amides is 1. The van der Waals surface area contributed by atoms with Crippen LogP contribution in [0.4, 0.5) is 0 Å². The normalized spacial score (nSPS) is 25.3. The number of halogens is 1. The van der Waals surface area contributed by atoms with Gasteiger partial charge in [0.25, 0.3) is 5.91 Å². The molecule has 21 heavy (non-hydrogen) atoms. The number of likely N-dealkylation sites (tertiary alicyclic amines) is 1. The lowest BCUT2D eigenvalue weighted by Crippen LogP contribution is -2.49. The zero-order valence-electron chi connectivity index (χ0n) is 12.5. The largest absolute Gasteiger partial charge is 0.496 e. The number of methoxy groups -OCH3 is 1. The van der Waals surface area contributed by atoms with Crippen molar-refractivity contribution in [1.29, 1.82) is 0 Å². The number of carbonyl (C=O) groups excluding carboxylic acids is 1. The fourth-order valence-corrected chi connectivity index (χ4v) is 4.21. The Bertz CT molecular complexity index is 530. The van der Waals surface area contributed by atoms with E-state index in [0.717, 1.165) is 23.9 Å². The van der Waals surface area contributed by atoms with E-state index in [1.165, 1.54) is 25.7 Å². The minimum atomic E-state index is 0.135. The highest BCUT2D eigenvalue weighted by molar-refractivity contribution is 9.10. The van der Waals surface area contributed by atoms with Crippen LogP contribution in [0, 0.1) is 5.92 Å². The average Bonchev–Trinajstić information content (AvgIpc) is 2.53. The predicted molar refractivity (Wildman–Crippen MR) is 86.7 cm³/mol. The van der Waals surface area contributed by atoms with Gasteiger partial charge in [0.15, 0.2) is 0 Å². The molecule has 3 nitrogen and oxygen atoms in total. The molecular weight excluding hydrogens is 330 g/mol. The van der Waals surface area contributed by atoms with Crippen molar-refractivity contribution in [1.82, 2.24) is 4.90 Å². The van der Waals surface area contributed by atoms with Crippen molar-refractivity contribution in [3.8, 4) is 5.75 Å². The van der Waals surface area contributed by atoms with Gasteiger partial charge in [-0.05, 0) is 49.8 Å². The number of piperidine rings is 1. The lowest BCUT2D eigenvalue weighted by atomic mass is 9.78. The van der Waals surface area contributed by atoms with Crippen LogP contribution in [0.3, 0.4) is 0 Å². The number of hydrogen-bond acceptors (Lipinski definition) is 2. The van der Waals surface area contributed by atoms with E-state index in [-0.39, 0.29) is 5.91 Å². The van der Waals surface area contributed by atoms with Crippen LogP contribution in [0.15, 0.2) is 22.7 Å². The molecule has 0 radical (unpaired) electrons. The third kappa shape index (κ3) is 2.96. The van der Waals surface area contributed by atoms with Crippen LogP contribution in [-0.2, 0) is 0 Å². The van der Waals surface area contributed by atoms with Gasteiger partial charge in [-0.3, -0.25) is 4.79 Å². The van der Waals surface area contributed by atoms with Gasteiger partial charge in [-0.25, -0.2) is 0 Å². The maximum Gasteiger partial charge on any atom is 0.257 e. The third-order valence-electron chi connectivity index (χ3n) is 4.90. The summed E-state index contributed by atoms with van der Waals surface area (Å²) in [5.41, 5.74) is 0.687. The molecule has 1 saturated heterocycles. The Kier molecular flexibility index (Phi) is 4.53. The Hall–Kier alpha value is -1.03. The first-order valence-corrected chi connectivity index (χ1v) is 8.64. The Labute approximate surface area is 134 Å². The topological polar surface area (TPSA) is 29.5 Å². The molecule has 1 aliphatic heterocycles. The summed E-state index contributed by atoms with van der Waals surface area (Å²) >= 11 is 3.43. The number of rotatable bonds is 2. The fourth-order valence-electron chi connectivity index (χ4n) is 3.87. The zero-order valence-corrected chi connectivity index (χ0v) is 14.1. The summed E-state index contributed by atoms with van der Waals surface area (Å²) in [5, 5.41) is 0. The summed E-state index contributed by atoms with van der Waals surface area (Å²) in [6, 6.07) is 6.10. The Morgan fingerprint density at radius 3 is 2.81 bits per heavy atom. The second-order valence-electron chi connectivity index (χ2n) is 6.10. The summed E-state index contributed by atoms with van der Waals surface area (Å²) in [5.74, 6) is 1.50. The second kappa shape index (κ2) is 6.39. The molecule has 114 valence electrons. The summed E-state index contributed by atoms with van der Waals surface area (Å²) < 4.78 is 6.33. The monoisotopic (exact) mass is 351 g/mol. The number of ether oxygens (including phenoxy) is 1. The molecule has 1 heterocycles. The van der Waals surface area contributed by atoms with Gasteiger partial charge >= 0.3 is 0 Å². The van der Waals surface area contributed by atoms with Gasteiger partial charge in [0.2, 0.25) is 0 Å². The minimum absolute atomic E-state index is 0.135. The van der Waals surface area contributed by atoms with Crippen molar-refractivity contribution >= 4 is 21.8 Å². The Balaban J connectivity index is 1.87. The summed E-state index contributed by atoms with van der Waals surface area (Å²) in [7, 11) is 1.62. The molecule has 1 amide bonds. The Morgan fingerprint density at radius 2 is 2.00 bits per heavy atom. The van der Waals surface area contributed by atoms with Gasteiger partial charge < -0.3 is 9.64 Å². The third-order valence-corrected chi connectivity index (χ3v) is 5.39. The second-order valence-corrected chi connectivity index (χ2v) is 7.01. The molecule has 2 aliphatic rings. The van der Waals surface area contributed by atoms with Crippen LogP contribution in [0.2, 0.25) is 0 Å². The summed E-state index contributed by atoms with van der Waals surface area (Å²) in [6.45, 7) is 0.888. The van der Waals surface area contributed by atoms with E-state index in [1.54, 1.807) is 7.11 Å². The van der Waals surface area contributed by atoms with Gasteiger partial charge in [-0.15, -0.1) is 0 Å². The number of benzene rings is 1. The molecule has 3 rings (SSSR count). The molecule has 0 aromatic heterocycles. The van der Waals surface area contributed by atoms with Crippen LogP contribution in [0.25, 0.3) is 0 Å². The first-order valence-electron chi connectivity index (χ1n) is 7.85. The van der Waals surface area contributed by atoms with Crippen molar-refractivity contribution in [2.24, 2.45) is 5.92 Å². The first kappa shape index (κ1) is 14.9. The lowest BCUT2D eigenvalue weighted by molar-refractivity contribution is 0.0388. The summed E-state index contributed by atoms with van der Waals surface area (Å²) in [6.07, 6.45) is 7.44. The summed E-state index contributed by atoms with van der Waals surface area (Å²) in [4.78, 5) is 15.1. The molecular formula is C17H22BrNO2. The van der Waals surface area contributed by atoms with Crippen LogP contribution >= 0.6 is 15.9 Å². The maximum atomic E-state index is 13.0. The van der Waals surface area contributed by atoms with Crippen LogP contribution in [0.5, 0.6) is 5.75 Å². The van der Waals surface area contributed by atoms with E-state index in [0.29, 0.717) is 23.3 Å². The van der Waals surface area contributed by atoms with Crippen molar-refractivity contribution < 1.29 is 9.53 Å². The number of hydrogen-bond donors (Lipinski definition) is 0. The number of fused-ring (bicyclic) bond motifs is 1. The zero-order chi connectivity index (χ0) is 14.8. The molecule has 2 unspecified atom stereocenters. The molecule has 1 saturated carbocycles. The van der Waals surface area contributed by atoms with Crippen molar-refractivity contribution in [3.63, 3.8) is 0 Å². The molecule has 4 heteroatoms. The van der Waals surface area contributed by atoms with E-state index in [9.17, 15) is 4.79 Å². The van der Waals surface area contributed by atoms with E-state index in [4.69, 9.17) is 4.74 Å². The van der Waals surface area contributed by atoms with Gasteiger partial charge in [-0.1, -0.05) is 28.8 Å². The quantitative estimate of drug-likeness (QED) is 0.796. The van der Waals surface area contributed by atoms with Crippen LogP contribution < -0.4 is 4.74 Å². The van der Waals surface area contributed by atoms with Crippen molar-refractivity contribution in [2.75, 3.05) is 13.7 Å². The highest BCUT2D eigenvalue weighted by atomic mass is 79.9. The van der Waals surface area contributed by atoms with E-state index in [2.05, 4.69) is 20.8 Å². The molecule has 1 aliphatic carbocycles. The number of carbonyl (C=O) groups is 1. The fraction of sp³-hybridized carbons (Fsp3) is 0.588. The van der Waals surface area contributed by atoms with Gasteiger partial charge in [0.05, 0.1) is 12.7 Å². The highest BCUT2D eigenvalue weighted by Crippen LogP contribution is 2.37. The van der Waals surface area contributed by atoms with E-state index >= 15 is 0 Å². The average molecular weight is 352 g/mol. The van der Waals surface area contributed by atoms with Crippen molar-refractivity contribution in [3.05, 3.63) is 28.2 Å². The van der Waals surface area contributed by atoms with E-state index < -0.39 is 0 Å². The van der Waals surface area contributed by atoms with Crippen LogP contribution in [-0.4, -0.2) is 30.5 Å². The van der Waals surface area contributed by atoms with Crippen molar-refractivity contribution in [2.45, 2.75) is 44.6 Å². The van der Waals surface area contributed by atoms with E-state index in [1.807, 2.05) is 18.2 Å². The molecule has 1 aromatic carbocycles. The molecule has 0 N–H and O–H groups in total. The van der Waals surface area contributed by atoms with Gasteiger partial charge in [0.1, 0.15) is 5.75 Å². The predicted octanol–water partition coefficient (Wildman–Crippen LogP) is 4.25. The SMILES string of the molecule is COc1cc(Br)ccc1C(=O)N1CCCC2CCCCC21. The molecule has 1 aromatic rings. The molecule has 0 bridgehead atoms. The molecule has 2 atom stereocenters. The standard InChI is InChI=1S/C17H22BrNO2/c1-21-16-11-13(18)8-9-14(16)17(20)19-10-4-6-12-5-2-3-7-15(12)19/h8-9,11-12,15H,2-7,10H2,1H3. The van der Waals surface area contributed by atoms with Gasteiger partial charge in [-0.2, -0.15) is 0 Å². The van der Waals surface area contributed by atoms with Gasteiger partial charge in [0, 0.05) is 17.1 Å². The minimum Gasteiger partial charge on any atom is -0.496 e.